The van der Waals surface area contributed by atoms with E-state index in [2.05, 4.69) is 4.98 Å². The van der Waals surface area contributed by atoms with Crippen LogP contribution in [0.25, 0.3) is 11.1 Å². The van der Waals surface area contributed by atoms with Crippen LogP contribution in [0.4, 0.5) is 0 Å². The first-order chi connectivity index (χ1) is 8.87. The lowest BCUT2D eigenvalue weighted by Crippen LogP contribution is -2.01. The average Bonchev–Trinajstić information content (AvgIpc) is 2.28. The van der Waals surface area contributed by atoms with Crippen molar-refractivity contribution in [1.29, 1.82) is 0 Å². The van der Waals surface area contributed by atoms with Crippen LogP contribution < -0.4 is 0 Å². The number of aromatic nitrogens is 1. The first-order valence-corrected chi connectivity index (χ1v) is 8.11. The van der Waals surface area contributed by atoms with Gasteiger partial charge in [0.1, 0.15) is 0 Å². The molecule has 0 spiro atoms. The van der Waals surface area contributed by atoms with E-state index in [1.165, 1.54) is 6.26 Å². The molecule has 4 heteroatoms. The Balaban J connectivity index is 2.43. The number of hydrogen-bond acceptors (Lipinski definition) is 3. The minimum Gasteiger partial charge on any atom is -0.264 e. The molecule has 0 fully saturated rings. The molecular weight excluding hydrogens is 258 g/mol. The largest absolute Gasteiger partial charge is 0.264 e. The number of benzene rings is 1. The lowest BCUT2D eigenvalue weighted by molar-refractivity contribution is 0.601. The summed E-state index contributed by atoms with van der Waals surface area (Å²) in [5.74, 6) is 0.0835. The Morgan fingerprint density at radius 3 is 2.37 bits per heavy atom. The van der Waals surface area contributed by atoms with Crippen LogP contribution in [0.3, 0.4) is 0 Å². The third-order valence-electron chi connectivity index (χ3n) is 3.05. The normalized spacial score (nSPS) is 11.5. The number of hydrogen-bond donors (Lipinski definition) is 0. The maximum atomic E-state index is 11.3. The van der Waals surface area contributed by atoms with Gasteiger partial charge < -0.3 is 0 Å². The Hall–Kier alpha value is -1.68. The van der Waals surface area contributed by atoms with Gasteiger partial charge in [-0.05, 0) is 42.2 Å². The molecule has 0 N–H and O–H groups in total. The van der Waals surface area contributed by atoms with E-state index in [0.717, 1.165) is 27.8 Å². The van der Waals surface area contributed by atoms with Crippen LogP contribution in [0.1, 0.15) is 16.7 Å². The fourth-order valence-corrected chi connectivity index (χ4v) is 2.95. The topological polar surface area (TPSA) is 47.0 Å². The second-order valence-electron chi connectivity index (χ2n) is 4.91. The van der Waals surface area contributed by atoms with Crippen molar-refractivity contribution in [3.8, 4) is 11.1 Å². The van der Waals surface area contributed by atoms with Crippen molar-refractivity contribution in [2.75, 3.05) is 6.26 Å². The molecular formula is C15H17NO2S. The first-order valence-electron chi connectivity index (χ1n) is 6.05. The summed E-state index contributed by atoms with van der Waals surface area (Å²) in [5.41, 5.74) is 5.24. The third kappa shape index (κ3) is 3.41. The highest BCUT2D eigenvalue weighted by Crippen LogP contribution is 2.26. The molecule has 2 aromatic rings. The second kappa shape index (κ2) is 5.13. The molecule has 100 valence electrons. The highest BCUT2D eigenvalue weighted by Gasteiger charge is 2.09. The number of rotatable bonds is 3. The van der Waals surface area contributed by atoms with E-state index in [1.807, 2.05) is 44.3 Å². The van der Waals surface area contributed by atoms with Crippen molar-refractivity contribution in [3.05, 3.63) is 53.3 Å². The lowest BCUT2D eigenvalue weighted by atomic mass is 9.97. The van der Waals surface area contributed by atoms with Crippen molar-refractivity contribution in [2.24, 2.45) is 0 Å². The van der Waals surface area contributed by atoms with Crippen LogP contribution in [-0.4, -0.2) is 19.7 Å². The van der Waals surface area contributed by atoms with Gasteiger partial charge in [-0.1, -0.05) is 18.2 Å². The van der Waals surface area contributed by atoms with Crippen molar-refractivity contribution >= 4 is 9.84 Å². The summed E-state index contributed by atoms with van der Waals surface area (Å²) in [6.07, 6.45) is 4.86. The zero-order valence-corrected chi connectivity index (χ0v) is 12.2. The minimum absolute atomic E-state index is 0.0835. The zero-order valence-electron chi connectivity index (χ0n) is 11.3. The summed E-state index contributed by atoms with van der Waals surface area (Å²) in [7, 11) is -2.99. The Morgan fingerprint density at radius 2 is 1.79 bits per heavy atom. The van der Waals surface area contributed by atoms with Gasteiger partial charge in [0, 0.05) is 24.2 Å². The molecule has 2 rings (SSSR count). The fraction of sp³-hybridized carbons (Fsp3) is 0.267. The van der Waals surface area contributed by atoms with Crippen LogP contribution in [0.2, 0.25) is 0 Å². The maximum absolute atomic E-state index is 11.3. The van der Waals surface area contributed by atoms with Crippen molar-refractivity contribution in [1.82, 2.24) is 4.98 Å². The van der Waals surface area contributed by atoms with Crippen LogP contribution in [-0.2, 0) is 15.6 Å². The molecule has 0 atom stereocenters. The Bertz CT molecular complexity index is 706. The quantitative estimate of drug-likeness (QED) is 0.865. The molecule has 3 nitrogen and oxygen atoms in total. The molecule has 1 heterocycles. The molecule has 0 radical (unpaired) electrons. The van der Waals surface area contributed by atoms with E-state index in [4.69, 9.17) is 0 Å². The molecule has 0 aliphatic rings. The molecule has 0 aliphatic heterocycles. The van der Waals surface area contributed by atoms with Gasteiger partial charge in [-0.25, -0.2) is 8.42 Å². The van der Waals surface area contributed by atoms with Gasteiger partial charge in [0.15, 0.2) is 9.84 Å². The van der Waals surface area contributed by atoms with Crippen LogP contribution >= 0.6 is 0 Å². The molecule has 0 saturated carbocycles. The highest BCUT2D eigenvalue weighted by molar-refractivity contribution is 7.89. The summed E-state index contributed by atoms with van der Waals surface area (Å²) in [5, 5.41) is 0. The molecule has 1 aromatic heterocycles. The summed E-state index contributed by atoms with van der Waals surface area (Å²) in [6, 6.07) is 7.75. The fourth-order valence-electron chi connectivity index (χ4n) is 2.17. The van der Waals surface area contributed by atoms with E-state index >= 15 is 0 Å². The molecule has 0 bridgehead atoms. The Morgan fingerprint density at radius 1 is 1.05 bits per heavy atom. The maximum Gasteiger partial charge on any atom is 0.151 e. The molecule has 0 unspecified atom stereocenters. The van der Waals surface area contributed by atoms with Gasteiger partial charge in [0.25, 0.3) is 0 Å². The van der Waals surface area contributed by atoms with Crippen molar-refractivity contribution in [2.45, 2.75) is 19.6 Å². The highest BCUT2D eigenvalue weighted by atomic mass is 32.2. The Labute approximate surface area is 114 Å². The summed E-state index contributed by atoms with van der Waals surface area (Å²) < 4.78 is 22.6. The molecule has 19 heavy (non-hydrogen) atoms. The monoisotopic (exact) mass is 275 g/mol. The van der Waals surface area contributed by atoms with E-state index in [9.17, 15) is 8.42 Å². The molecule has 0 aliphatic carbocycles. The predicted octanol–water partition coefficient (Wildman–Crippen LogP) is 2.91. The van der Waals surface area contributed by atoms with Crippen LogP contribution in [0.15, 0.2) is 36.7 Å². The third-order valence-corrected chi connectivity index (χ3v) is 3.91. The standard InChI is InChI=1S/C15H17NO2S/c1-11-6-7-16-9-15(11)14-5-4-13(8-12(14)2)10-19(3,17)18/h4-9H,10H2,1-3H3. The average molecular weight is 275 g/mol. The molecule has 1 aromatic carbocycles. The van der Waals surface area contributed by atoms with Crippen LogP contribution in [0.5, 0.6) is 0 Å². The number of nitrogens with zero attached hydrogens (tertiary/aromatic N) is 1. The smallest absolute Gasteiger partial charge is 0.151 e. The van der Waals surface area contributed by atoms with Gasteiger partial charge in [-0.3, -0.25) is 4.98 Å². The van der Waals surface area contributed by atoms with E-state index in [1.54, 1.807) is 6.20 Å². The van der Waals surface area contributed by atoms with Gasteiger partial charge in [-0.15, -0.1) is 0 Å². The van der Waals surface area contributed by atoms with Gasteiger partial charge in [0.05, 0.1) is 5.75 Å². The van der Waals surface area contributed by atoms with Crippen molar-refractivity contribution < 1.29 is 8.42 Å². The molecule has 0 amide bonds. The predicted molar refractivity (Wildman–Crippen MR) is 77.7 cm³/mol. The van der Waals surface area contributed by atoms with E-state index in [0.29, 0.717) is 0 Å². The van der Waals surface area contributed by atoms with Gasteiger partial charge >= 0.3 is 0 Å². The second-order valence-corrected chi connectivity index (χ2v) is 7.05. The summed E-state index contributed by atoms with van der Waals surface area (Å²) in [6.45, 7) is 4.04. The SMILES string of the molecule is Cc1cc(CS(C)(=O)=O)ccc1-c1cnccc1C. The van der Waals surface area contributed by atoms with Gasteiger partial charge in [0.2, 0.25) is 0 Å². The van der Waals surface area contributed by atoms with Gasteiger partial charge in [-0.2, -0.15) is 0 Å². The first kappa shape index (κ1) is 13.7. The van der Waals surface area contributed by atoms with E-state index in [-0.39, 0.29) is 5.75 Å². The minimum atomic E-state index is -2.99. The van der Waals surface area contributed by atoms with E-state index < -0.39 is 9.84 Å². The number of aryl methyl sites for hydroxylation is 2. The van der Waals surface area contributed by atoms with Crippen molar-refractivity contribution in [3.63, 3.8) is 0 Å². The number of pyridine rings is 1. The zero-order chi connectivity index (χ0) is 14.0. The summed E-state index contributed by atoms with van der Waals surface area (Å²) in [4.78, 5) is 4.15. The molecule has 0 saturated heterocycles. The van der Waals surface area contributed by atoms with Crippen LogP contribution in [0, 0.1) is 13.8 Å². The summed E-state index contributed by atoms with van der Waals surface area (Å²) >= 11 is 0. The Kier molecular flexibility index (Phi) is 3.71. The number of sulfone groups is 1. The lowest BCUT2D eigenvalue weighted by Gasteiger charge is -2.10.